The molecule has 4 nitrogen and oxygen atoms in total. The lowest BCUT2D eigenvalue weighted by Gasteiger charge is -2.20. The summed E-state index contributed by atoms with van der Waals surface area (Å²) in [5.74, 6) is 0.280. The molecule has 16 heavy (non-hydrogen) atoms. The van der Waals surface area contributed by atoms with E-state index >= 15 is 0 Å². The highest BCUT2D eigenvalue weighted by Crippen LogP contribution is 2.02. The minimum Gasteiger partial charge on any atom is -0.314 e. The van der Waals surface area contributed by atoms with Crippen LogP contribution in [0.1, 0.15) is 26.2 Å². The van der Waals surface area contributed by atoms with E-state index in [0.717, 1.165) is 25.9 Å². The molecule has 0 aliphatic carbocycles. The Morgan fingerprint density at radius 3 is 2.31 bits per heavy atom. The largest absolute Gasteiger partial charge is 0.314 e. The Kier molecular flexibility index (Phi) is 7.97. The van der Waals surface area contributed by atoms with Gasteiger partial charge < -0.3 is 10.2 Å². The zero-order valence-electron chi connectivity index (χ0n) is 11.0. The van der Waals surface area contributed by atoms with Gasteiger partial charge in [-0.2, -0.15) is 0 Å². The van der Waals surface area contributed by atoms with Gasteiger partial charge in [0, 0.05) is 12.3 Å². The third-order valence-corrected chi connectivity index (χ3v) is 3.42. The molecule has 0 fully saturated rings. The molecule has 0 saturated heterocycles. The summed E-state index contributed by atoms with van der Waals surface area (Å²) < 4.78 is 22.2. The van der Waals surface area contributed by atoms with Gasteiger partial charge in [-0.15, -0.1) is 0 Å². The molecule has 98 valence electrons. The van der Waals surface area contributed by atoms with E-state index in [-0.39, 0.29) is 5.75 Å². The molecule has 0 saturated carbocycles. The summed E-state index contributed by atoms with van der Waals surface area (Å²) in [5.41, 5.74) is 0. The number of sulfone groups is 1. The van der Waals surface area contributed by atoms with E-state index in [4.69, 9.17) is 0 Å². The van der Waals surface area contributed by atoms with Crippen LogP contribution in [0.5, 0.6) is 0 Å². The Bertz CT molecular complexity index is 263. The molecule has 0 radical (unpaired) electrons. The fourth-order valence-corrected chi connectivity index (χ4v) is 2.18. The van der Waals surface area contributed by atoms with Crippen LogP contribution < -0.4 is 5.32 Å². The van der Waals surface area contributed by atoms with Crippen LogP contribution >= 0.6 is 0 Å². The van der Waals surface area contributed by atoms with Crippen LogP contribution in [0.15, 0.2) is 0 Å². The molecule has 1 N–H and O–H groups in total. The lowest BCUT2D eigenvalue weighted by molar-refractivity contribution is 0.353. The fourth-order valence-electron chi connectivity index (χ4n) is 1.47. The third kappa shape index (κ3) is 10.4. The van der Waals surface area contributed by atoms with Gasteiger partial charge in [0.25, 0.3) is 0 Å². The Morgan fingerprint density at radius 2 is 1.88 bits per heavy atom. The van der Waals surface area contributed by atoms with E-state index in [1.165, 1.54) is 6.26 Å². The minimum absolute atomic E-state index is 0.280. The highest BCUT2D eigenvalue weighted by atomic mass is 32.2. The van der Waals surface area contributed by atoms with E-state index < -0.39 is 9.84 Å². The van der Waals surface area contributed by atoms with Crippen molar-refractivity contribution in [1.82, 2.24) is 10.2 Å². The predicted octanol–water partition coefficient (Wildman–Crippen LogP) is 0.741. The molecule has 5 heteroatoms. The van der Waals surface area contributed by atoms with Crippen LogP contribution in [-0.2, 0) is 9.84 Å². The molecule has 0 rings (SSSR count). The van der Waals surface area contributed by atoms with Gasteiger partial charge in [0.15, 0.2) is 0 Å². The van der Waals surface area contributed by atoms with Crippen molar-refractivity contribution in [2.45, 2.75) is 32.2 Å². The maximum atomic E-state index is 11.1. The average molecular weight is 250 g/mol. The van der Waals surface area contributed by atoms with Crippen molar-refractivity contribution >= 4 is 9.84 Å². The first-order chi connectivity index (χ1) is 7.35. The molecule has 0 aromatic heterocycles. The molecule has 0 amide bonds. The highest BCUT2D eigenvalue weighted by molar-refractivity contribution is 7.90. The molecular weight excluding hydrogens is 224 g/mol. The number of hydrogen-bond donors (Lipinski definition) is 1. The van der Waals surface area contributed by atoms with Crippen molar-refractivity contribution in [1.29, 1.82) is 0 Å². The molecule has 0 bridgehead atoms. The molecule has 1 unspecified atom stereocenters. The van der Waals surface area contributed by atoms with E-state index in [9.17, 15) is 8.42 Å². The van der Waals surface area contributed by atoms with Crippen LogP contribution in [0.4, 0.5) is 0 Å². The van der Waals surface area contributed by atoms with Gasteiger partial charge in [0.1, 0.15) is 9.84 Å². The molecule has 0 heterocycles. The van der Waals surface area contributed by atoms with Crippen LogP contribution in [0.3, 0.4) is 0 Å². The maximum absolute atomic E-state index is 11.1. The van der Waals surface area contributed by atoms with Gasteiger partial charge in [0.2, 0.25) is 0 Å². The molecule has 0 aromatic rings. The Balaban J connectivity index is 3.99. The minimum atomic E-state index is -2.84. The Hall–Kier alpha value is -0.130. The summed E-state index contributed by atoms with van der Waals surface area (Å²) in [6, 6.07) is 0.317. The number of rotatable bonds is 9. The monoisotopic (exact) mass is 250 g/mol. The number of nitrogens with one attached hydrogen (secondary N) is 1. The quantitative estimate of drug-likeness (QED) is 0.656. The number of nitrogens with zero attached hydrogens (tertiary/aromatic N) is 1. The van der Waals surface area contributed by atoms with Gasteiger partial charge in [-0.05, 0) is 46.4 Å². The summed E-state index contributed by atoms with van der Waals surface area (Å²) in [6.07, 6.45) is 4.10. The van der Waals surface area contributed by atoms with Gasteiger partial charge in [-0.25, -0.2) is 8.42 Å². The van der Waals surface area contributed by atoms with Crippen molar-refractivity contribution in [3.05, 3.63) is 0 Å². The van der Waals surface area contributed by atoms with Crippen molar-refractivity contribution in [2.24, 2.45) is 0 Å². The second-order valence-corrected chi connectivity index (χ2v) is 6.92. The van der Waals surface area contributed by atoms with Crippen LogP contribution in [0.2, 0.25) is 0 Å². The average Bonchev–Trinajstić information content (AvgIpc) is 2.15. The first-order valence-electron chi connectivity index (χ1n) is 5.91. The molecule has 0 aliphatic rings. The van der Waals surface area contributed by atoms with Crippen LogP contribution in [0.25, 0.3) is 0 Å². The third-order valence-electron chi connectivity index (χ3n) is 2.44. The smallest absolute Gasteiger partial charge is 0.147 e. The molecule has 0 aromatic carbocycles. The fraction of sp³-hybridized carbons (Fsp3) is 1.00. The lowest BCUT2D eigenvalue weighted by Crippen LogP contribution is -2.34. The van der Waals surface area contributed by atoms with E-state index in [2.05, 4.69) is 17.1 Å². The standard InChI is InChI=1S/C11H26N2O2S/c1-5-8-12-11(6-9-13(2)3)7-10-16(4,14)15/h11-12H,5-10H2,1-4H3. The normalized spacial score (nSPS) is 14.3. The number of hydrogen-bond acceptors (Lipinski definition) is 4. The topological polar surface area (TPSA) is 49.4 Å². The first kappa shape index (κ1) is 15.9. The van der Waals surface area contributed by atoms with Crippen molar-refractivity contribution in [2.75, 3.05) is 39.2 Å². The summed E-state index contributed by atoms with van der Waals surface area (Å²) in [7, 11) is 1.23. The van der Waals surface area contributed by atoms with Crippen molar-refractivity contribution < 1.29 is 8.42 Å². The van der Waals surface area contributed by atoms with Crippen LogP contribution in [0, 0.1) is 0 Å². The van der Waals surface area contributed by atoms with Gasteiger partial charge in [-0.1, -0.05) is 6.92 Å². The van der Waals surface area contributed by atoms with Crippen molar-refractivity contribution in [3.63, 3.8) is 0 Å². The second-order valence-electron chi connectivity index (χ2n) is 4.66. The highest BCUT2D eigenvalue weighted by Gasteiger charge is 2.11. The van der Waals surface area contributed by atoms with Crippen LogP contribution in [-0.4, -0.2) is 58.6 Å². The van der Waals surface area contributed by atoms with E-state index in [0.29, 0.717) is 12.5 Å². The van der Waals surface area contributed by atoms with E-state index in [1.807, 2.05) is 14.1 Å². The van der Waals surface area contributed by atoms with Gasteiger partial charge in [-0.3, -0.25) is 0 Å². The van der Waals surface area contributed by atoms with Gasteiger partial charge >= 0.3 is 0 Å². The zero-order chi connectivity index (χ0) is 12.6. The SMILES string of the molecule is CCCNC(CCN(C)C)CCS(C)(=O)=O. The lowest BCUT2D eigenvalue weighted by atomic mass is 10.1. The van der Waals surface area contributed by atoms with Crippen molar-refractivity contribution in [3.8, 4) is 0 Å². The first-order valence-corrected chi connectivity index (χ1v) is 7.97. The molecule has 0 aliphatic heterocycles. The molecule has 0 spiro atoms. The molecule has 1 atom stereocenters. The summed E-state index contributed by atoms with van der Waals surface area (Å²) in [4.78, 5) is 2.13. The Labute approximate surface area is 100 Å². The summed E-state index contributed by atoms with van der Waals surface area (Å²) >= 11 is 0. The predicted molar refractivity (Wildman–Crippen MR) is 69.6 cm³/mol. The Morgan fingerprint density at radius 1 is 1.25 bits per heavy atom. The van der Waals surface area contributed by atoms with Gasteiger partial charge in [0.05, 0.1) is 5.75 Å². The van der Waals surface area contributed by atoms with E-state index in [1.54, 1.807) is 0 Å². The maximum Gasteiger partial charge on any atom is 0.147 e. The summed E-state index contributed by atoms with van der Waals surface area (Å²) in [6.45, 7) is 4.07. The second kappa shape index (κ2) is 8.03. The summed E-state index contributed by atoms with van der Waals surface area (Å²) in [5, 5.41) is 3.41. The molecular formula is C11H26N2O2S. The zero-order valence-corrected chi connectivity index (χ0v) is 11.8.